The quantitative estimate of drug-likeness (QED) is 0.467. The molecule has 0 spiro atoms. The Balaban J connectivity index is 3.08. The normalized spacial score (nSPS) is 16.0. The van der Waals surface area contributed by atoms with Crippen LogP contribution in [-0.4, -0.2) is 16.5 Å². The van der Waals surface area contributed by atoms with Crippen LogP contribution in [-0.2, 0) is 0 Å². The Hall–Kier alpha value is 0.310. The lowest BCUT2D eigenvalue weighted by molar-refractivity contribution is 0.187. The Morgan fingerprint density at radius 3 is 2.25 bits per heavy atom. The summed E-state index contributed by atoms with van der Waals surface area (Å²) < 4.78 is 0. The second-order valence-electron chi connectivity index (χ2n) is 3.51. The zero-order valence-electron chi connectivity index (χ0n) is 8.29. The third-order valence-corrected chi connectivity index (χ3v) is 2.85. The molecule has 0 aromatic rings. The van der Waals surface area contributed by atoms with Gasteiger partial charge in [0.1, 0.15) is 0 Å². The van der Waals surface area contributed by atoms with E-state index in [0.717, 1.165) is 6.42 Å². The number of hydrogen-bond donors (Lipinski definition) is 2. The summed E-state index contributed by atoms with van der Waals surface area (Å²) in [4.78, 5) is 0. The van der Waals surface area contributed by atoms with Gasteiger partial charge in [0.05, 0.1) is 6.10 Å². The van der Waals surface area contributed by atoms with Crippen LogP contribution in [0.15, 0.2) is 0 Å². The number of aliphatic hydroxyl groups excluding tert-OH is 1. The van der Waals surface area contributed by atoms with Gasteiger partial charge in [-0.3, -0.25) is 0 Å². The molecule has 12 heavy (non-hydrogen) atoms. The Bertz CT molecular complexity index is 93.8. The lowest BCUT2D eigenvalue weighted by Gasteiger charge is -2.12. The molecule has 1 N–H and O–H groups in total. The molecule has 0 saturated heterocycles. The van der Waals surface area contributed by atoms with Gasteiger partial charge in [-0.2, -0.15) is 12.6 Å². The molecule has 0 aromatic heterocycles. The number of rotatable bonds is 7. The maximum absolute atomic E-state index is 9.15. The average Bonchev–Trinajstić information content (AvgIpc) is 2.03. The Labute approximate surface area is 82.0 Å². The molecule has 2 atom stereocenters. The molecule has 1 nitrogen and oxygen atoms in total. The lowest BCUT2D eigenvalue weighted by atomic mass is 10.1. The molecule has 0 fully saturated rings. The number of thiol groups is 1. The van der Waals surface area contributed by atoms with Crippen molar-refractivity contribution in [3.63, 3.8) is 0 Å². The van der Waals surface area contributed by atoms with Gasteiger partial charge in [0.15, 0.2) is 0 Å². The van der Waals surface area contributed by atoms with E-state index in [2.05, 4.69) is 19.6 Å². The van der Waals surface area contributed by atoms with Crippen molar-refractivity contribution >= 4 is 12.6 Å². The second-order valence-corrected chi connectivity index (χ2v) is 4.17. The molecule has 0 heterocycles. The summed E-state index contributed by atoms with van der Waals surface area (Å²) in [6, 6.07) is 0. The molecule has 2 heteroatoms. The smallest absolute Gasteiger partial charge is 0.0628 e. The lowest BCUT2D eigenvalue weighted by Crippen LogP contribution is -2.16. The molecular weight excluding hydrogens is 168 g/mol. The van der Waals surface area contributed by atoms with Crippen molar-refractivity contribution in [2.75, 3.05) is 0 Å². The van der Waals surface area contributed by atoms with Crippen LogP contribution in [0.1, 0.15) is 52.4 Å². The molecule has 0 amide bonds. The number of aliphatic hydroxyl groups is 1. The van der Waals surface area contributed by atoms with Crippen molar-refractivity contribution in [3.05, 3.63) is 0 Å². The Kier molecular flexibility index (Phi) is 8.14. The minimum absolute atomic E-state index is 0.173. The fraction of sp³-hybridized carbons (Fsp3) is 1.00. The topological polar surface area (TPSA) is 20.2 Å². The van der Waals surface area contributed by atoms with Crippen molar-refractivity contribution < 1.29 is 5.11 Å². The van der Waals surface area contributed by atoms with Crippen LogP contribution < -0.4 is 0 Å². The van der Waals surface area contributed by atoms with Gasteiger partial charge < -0.3 is 5.11 Å². The molecule has 2 unspecified atom stereocenters. The van der Waals surface area contributed by atoms with E-state index in [4.69, 9.17) is 5.11 Å². The molecular formula is C10H22OS. The largest absolute Gasteiger partial charge is 0.392 e. The summed E-state index contributed by atoms with van der Waals surface area (Å²) in [5.41, 5.74) is 0. The van der Waals surface area contributed by atoms with Gasteiger partial charge in [-0.25, -0.2) is 0 Å². The number of unbranched alkanes of at least 4 members (excludes halogenated alkanes) is 4. The Morgan fingerprint density at radius 2 is 1.75 bits per heavy atom. The minimum atomic E-state index is -0.264. The van der Waals surface area contributed by atoms with E-state index >= 15 is 0 Å². The fourth-order valence-electron chi connectivity index (χ4n) is 1.20. The first-order valence-corrected chi connectivity index (χ1v) is 5.56. The summed E-state index contributed by atoms with van der Waals surface area (Å²) in [7, 11) is 0. The van der Waals surface area contributed by atoms with Crippen LogP contribution in [0.4, 0.5) is 0 Å². The predicted molar refractivity (Wildman–Crippen MR) is 57.8 cm³/mol. The first-order chi connectivity index (χ1) is 5.68. The molecule has 0 aliphatic carbocycles. The van der Waals surface area contributed by atoms with Crippen molar-refractivity contribution in [1.29, 1.82) is 0 Å². The highest BCUT2D eigenvalue weighted by atomic mass is 32.1. The molecule has 0 rings (SSSR count). The standard InChI is InChI=1S/C10H22OS/c1-3-4-5-6-7-8-10(12)9(2)11/h9-12H,3-8H2,1-2H3. The van der Waals surface area contributed by atoms with Gasteiger partial charge in [0, 0.05) is 5.25 Å². The monoisotopic (exact) mass is 190 g/mol. The minimum Gasteiger partial charge on any atom is -0.392 e. The van der Waals surface area contributed by atoms with Gasteiger partial charge in [-0.15, -0.1) is 0 Å². The van der Waals surface area contributed by atoms with E-state index < -0.39 is 0 Å². The van der Waals surface area contributed by atoms with Crippen LogP contribution >= 0.6 is 12.6 Å². The van der Waals surface area contributed by atoms with E-state index in [1.807, 2.05) is 6.92 Å². The highest BCUT2D eigenvalue weighted by Gasteiger charge is 2.08. The molecule has 0 bridgehead atoms. The highest BCUT2D eigenvalue weighted by Crippen LogP contribution is 2.13. The number of hydrogen-bond acceptors (Lipinski definition) is 2. The van der Waals surface area contributed by atoms with E-state index in [1.54, 1.807) is 0 Å². The van der Waals surface area contributed by atoms with Gasteiger partial charge in [0.25, 0.3) is 0 Å². The van der Waals surface area contributed by atoms with Crippen molar-refractivity contribution in [1.82, 2.24) is 0 Å². The predicted octanol–water partition coefficient (Wildman–Crippen LogP) is 3.03. The summed E-state index contributed by atoms with van der Waals surface area (Å²) in [5, 5.41) is 9.32. The SMILES string of the molecule is CCCCCCCC(S)C(C)O. The third-order valence-electron chi connectivity index (χ3n) is 2.16. The first-order valence-electron chi connectivity index (χ1n) is 5.04. The van der Waals surface area contributed by atoms with Crippen LogP contribution in [0, 0.1) is 0 Å². The van der Waals surface area contributed by atoms with E-state index in [-0.39, 0.29) is 11.4 Å². The highest BCUT2D eigenvalue weighted by molar-refractivity contribution is 7.81. The van der Waals surface area contributed by atoms with E-state index in [0.29, 0.717) is 0 Å². The summed E-state index contributed by atoms with van der Waals surface area (Å²) in [6.45, 7) is 4.03. The molecule has 0 aliphatic rings. The molecule has 0 aliphatic heterocycles. The Morgan fingerprint density at radius 1 is 1.17 bits per heavy atom. The molecule has 74 valence electrons. The van der Waals surface area contributed by atoms with Crippen molar-refractivity contribution in [2.45, 2.75) is 63.7 Å². The molecule has 0 saturated carbocycles. The zero-order valence-corrected chi connectivity index (χ0v) is 9.19. The van der Waals surface area contributed by atoms with Gasteiger partial charge in [-0.05, 0) is 13.3 Å². The molecule has 0 radical (unpaired) electrons. The van der Waals surface area contributed by atoms with Crippen LogP contribution in [0.25, 0.3) is 0 Å². The first kappa shape index (κ1) is 12.3. The fourth-order valence-corrected chi connectivity index (χ4v) is 1.38. The van der Waals surface area contributed by atoms with Crippen LogP contribution in [0.2, 0.25) is 0 Å². The average molecular weight is 190 g/mol. The van der Waals surface area contributed by atoms with Gasteiger partial charge >= 0.3 is 0 Å². The summed E-state index contributed by atoms with van der Waals surface area (Å²) in [5.74, 6) is 0. The van der Waals surface area contributed by atoms with Crippen LogP contribution in [0.3, 0.4) is 0 Å². The van der Waals surface area contributed by atoms with Gasteiger partial charge in [-0.1, -0.05) is 39.0 Å². The molecule has 0 aromatic carbocycles. The van der Waals surface area contributed by atoms with E-state index in [9.17, 15) is 0 Å². The van der Waals surface area contributed by atoms with Crippen molar-refractivity contribution in [2.24, 2.45) is 0 Å². The van der Waals surface area contributed by atoms with Crippen molar-refractivity contribution in [3.8, 4) is 0 Å². The summed E-state index contributed by atoms with van der Waals surface area (Å²) >= 11 is 4.30. The third kappa shape index (κ3) is 6.99. The second kappa shape index (κ2) is 7.93. The van der Waals surface area contributed by atoms with Crippen LogP contribution in [0.5, 0.6) is 0 Å². The van der Waals surface area contributed by atoms with E-state index in [1.165, 1.54) is 32.1 Å². The van der Waals surface area contributed by atoms with Gasteiger partial charge in [0.2, 0.25) is 0 Å². The zero-order chi connectivity index (χ0) is 9.40. The maximum Gasteiger partial charge on any atom is 0.0628 e. The maximum atomic E-state index is 9.15. The summed E-state index contributed by atoms with van der Waals surface area (Å²) in [6.07, 6.45) is 7.24.